The van der Waals surface area contributed by atoms with Gasteiger partial charge in [0.15, 0.2) is 5.17 Å². The number of hydrazone groups is 1. The molecule has 1 aliphatic heterocycles. The number of nitrogens with zero attached hydrogens (tertiary/aromatic N) is 2. The highest BCUT2D eigenvalue weighted by atomic mass is 32.2. The van der Waals surface area contributed by atoms with E-state index in [9.17, 15) is 9.18 Å². The maximum absolute atomic E-state index is 14.4. The zero-order valence-corrected chi connectivity index (χ0v) is 16.5. The summed E-state index contributed by atoms with van der Waals surface area (Å²) in [5.74, 6) is 5.07. The summed E-state index contributed by atoms with van der Waals surface area (Å²) in [6, 6.07) is 4.34. The largest absolute Gasteiger partial charge is 0.379 e. The topological polar surface area (TPSA) is 106 Å². The first-order valence-electron chi connectivity index (χ1n) is 8.09. The van der Waals surface area contributed by atoms with Crippen LogP contribution in [0.1, 0.15) is 32.8 Å². The molecule has 0 aromatic heterocycles. The molecule has 1 heterocycles. The van der Waals surface area contributed by atoms with Gasteiger partial charge in [-0.05, 0) is 37.5 Å². The summed E-state index contributed by atoms with van der Waals surface area (Å²) < 4.78 is 14.4. The van der Waals surface area contributed by atoms with Gasteiger partial charge >= 0.3 is 0 Å². The van der Waals surface area contributed by atoms with Crippen LogP contribution in [0.4, 0.5) is 10.1 Å². The Morgan fingerprint density at radius 2 is 2.19 bits per heavy atom. The zero-order chi connectivity index (χ0) is 19.5. The van der Waals surface area contributed by atoms with Crippen molar-refractivity contribution in [2.75, 3.05) is 11.1 Å². The second-order valence-electron chi connectivity index (χ2n) is 6.47. The predicted molar refractivity (Wildman–Crippen MR) is 110 cm³/mol. The Morgan fingerprint density at radius 3 is 2.77 bits per heavy atom. The van der Waals surface area contributed by atoms with E-state index >= 15 is 0 Å². The van der Waals surface area contributed by atoms with E-state index in [1.54, 1.807) is 6.07 Å². The molecule has 1 atom stereocenters. The molecule has 0 aliphatic carbocycles. The fourth-order valence-corrected chi connectivity index (χ4v) is 3.98. The molecule has 0 saturated heterocycles. The van der Waals surface area contributed by atoms with Crippen LogP contribution < -0.4 is 16.9 Å². The van der Waals surface area contributed by atoms with Crippen LogP contribution in [0.3, 0.4) is 0 Å². The summed E-state index contributed by atoms with van der Waals surface area (Å²) in [6.07, 6.45) is 0.641. The molecule has 26 heavy (non-hydrogen) atoms. The van der Waals surface area contributed by atoms with E-state index in [2.05, 4.69) is 15.4 Å². The van der Waals surface area contributed by atoms with Crippen LogP contribution in [0.25, 0.3) is 0 Å². The lowest BCUT2D eigenvalue weighted by atomic mass is 9.89. The molecule has 1 aromatic carbocycles. The second-order valence-corrected chi connectivity index (χ2v) is 7.99. The minimum absolute atomic E-state index is 0.0101. The summed E-state index contributed by atoms with van der Waals surface area (Å²) in [6.45, 7) is 5.50. The third-order valence-electron chi connectivity index (χ3n) is 4.13. The highest BCUT2D eigenvalue weighted by Gasteiger charge is 2.32. The lowest BCUT2D eigenvalue weighted by molar-refractivity contribution is -0.110. The molecule has 2 rings (SSSR count). The highest BCUT2D eigenvalue weighted by Crippen LogP contribution is 2.37. The molecule has 0 bridgehead atoms. The van der Waals surface area contributed by atoms with E-state index in [1.165, 1.54) is 23.9 Å². The fourth-order valence-electron chi connectivity index (χ4n) is 2.67. The van der Waals surface area contributed by atoms with Crippen molar-refractivity contribution in [1.82, 2.24) is 0 Å². The van der Waals surface area contributed by atoms with Crippen LogP contribution in [0.2, 0.25) is 0 Å². The van der Waals surface area contributed by atoms with Gasteiger partial charge in [-0.3, -0.25) is 9.79 Å². The van der Waals surface area contributed by atoms with Gasteiger partial charge in [0.05, 0.1) is 11.3 Å². The van der Waals surface area contributed by atoms with Crippen molar-refractivity contribution in [3.8, 4) is 0 Å². The molecule has 9 heteroatoms. The molecule has 140 valence electrons. The van der Waals surface area contributed by atoms with Crippen molar-refractivity contribution in [2.24, 2.45) is 27.6 Å². The number of hydrogen-bond donors (Lipinski definition) is 3. The van der Waals surface area contributed by atoms with Gasteiger partial charge in [-0.25, -0.2) is 4.39 Å². The number of aliphatic imine (C=N–C) groups is 1. The van der Waals surface area contributed by atoms with Crippen molar-refractivity contribution in [3.63, 3.8) is 0 Å². The Bertz CT molecular complexity index is 793. The van der Waals surface area contributed by atoms with Crippen LogP contribution in [-0.4, -0.2) is 27.4 Å². The van der Waals surface area contributed by atoms with Crippen molar-refractivity contribution >= 4 is 51.3 Å². The highest BCUT2D eigenvalue weighted by molar-refractivity contribution is 8.13. The molecular formula is C17H22FN5OS2. The number of rotatable bonds is 5. The molecule has 0 spiro atoms. The van der Waals surface area contributed by atoms with E-state index in [-0.39, 0.29) is 10.8 Å². The smallest absolute Gasteiger partial charge is 0.268 e. The van der Waals surface area contributed by atoms with Crippen LogP contribution in [0, 0.1) is 11.7 Å². The molecule has 0 unspecified atom stereocenters. The zero-order valence-electron chi connectivity index (χ0n) is 14.9. The minimum Gasteiger partial charge on any atom is -0.379 e. The molecule has 0 radical (unpaired) electrons. The monoisotopic (exact) mass is 395 g/mol. The SMILES string of the molecule is CC(C)/C(=N/N)C(=S)C(=O)Nc1ccc(F)c([C@]2(C)CCSC(N)=N2)c1. The average molecular weight is 396 g/mol. The number of halogens is 1. The van der Waals surface area contributed by atoms with Gasteiger partial charge in [0.2, 0.25) is 0 Å². The molecule has 5 N–H and O–H groups in total. The van der Waals surface area contributed by atoms with Crippen molar-refractivity contribution in [3.05, 3.63) is 29.6 Å². The minimum atomic E-state index is -0.775. The van der Waals surface area contributed by atoms with E-state index in [0.717, 1.165) is 5.75 Å². The normalized spacial score (nSPS) is 20.7. The predicted octanol–water partition coefficient (Wildman–Crippen LogP) is 2.77. The maximum Gasteiger partial charge on any atom is 0.268 e. The number of carbonyl (C=O) groups is 1. The maximum atomic E-state index is 14.4. The molecule has 1 amide bonds. The summed E-state index contributed by atoms with van der Waals surface area (Å²) in [4.78, 5) is 16.8. The number of thiocarbonyl (C=S) groups is 1. The van der Waals surface area contributed by atoms with Gasteiger partial charge in [-0.1, -0.05) is 37.8 Å². The van der Waals surface area contributed by atoms with Crippen molar-refractivity contribution in [1.29, 1.82) is 0 Å². The lowest BCUT2D eigenvalue weighted by Crippen LogP contribution is -2.32. The Labute approximate surface area is 161 Å². The van der Waals surface area contributed by atoms with E-state index < -0.39 is 17.3 Å². The van der Waals surface area contributed by atoms with Gasteiger partial charge in [0.1, 0.15) is 10.7 Å². The van der Waals surface area contributed by atoms with Gasteiger partial charge < -0.3 is 16.9 Å². The second kappa shape index (κ2) is 8.13. The van der Waals surface area contributed by atoms with E-state index in [0.29, 0.717) is 28.6 Å². The van der Waals surface area contributed by atoms with Gasteiger partial charge in [0, 0.05) is 17.0 Å². The first-order chi connectivity index (χ1) is 12.2. The van der Waals surface area contributed by atoms with Crippen LogP contribution in [0.15, 0.2) is 28.3 Å². The molecular weight excluding hydrogens is 373 g/mol. The first kappa shape index (κ1) is 20.3. The molecule has 0 saturated carbocycles. The third-order valence-corrected chi connectivity index (χ3v) is 5.31. The molecule has 0 fully saturated rings. The Hall–Kier alpha value is -2.00. The average Bonchev–Trinajstić information content (AvgIpc) is 2.56. The van der Waals surface area contributed by atoms with Crippen LogP contribution in [-0.2, 0) is 10.3 Å². The Kier molecular flexibility index (Phi) is 6.35. The third kappa shape index (κ3) is 4.39. The van der Waals surface area contributed by atoms with Gasteiger partial charge in [0.25, 0.3) is 5.91 Å². The number of amides is 1. The number of nitrogens with two attached hydrogens (primary N) is 2. The lowest BCUT2D eigenvalue weighted by Gasteiger charge is -2.30. The number of amidine groups is 1. The van der Waals surface area contributed by atoms with Crippen molar-refractivity contribution < 1.29 is 9.18 Å². The summed E-state index contributed by atoms with van der Waals surface area (Å²) in [5.41, 5.74) is 6.17. The van der Waals surface area contributed by atoms with E-state index in [4.69, 9.17) is 23.8 Å². The van der Waals surface area contributed by atoms with Crippen molar-refractivity contribution in [2.45, 2.75) is 32.7 Å². The summed E-state index contributed by atoms with van der Waals surface area (Å²) in [5, 5.41) is 6.70. The number of hydrogen-bond acceptors (Lipinski definition) is 7. The molecule has 1 aliphatic rings. The number of thioether (sulfide) groups is 1. The van der Waals surface area contributed by atoms with Crippen LogP contribution >= 0.6 is 24.0 Å². The van der Waals surface area contributed by atoms with Gasteiger partial charge in [-0.15, -0.1) is 0 Å². The number of benzene rings is 1. The standard InChI is InChI=1S/C17H22FN5OS2/c1-9(2)13(23-20)14(25)15(24)21-10-4-5-12(18)11(8-10)17(3)6-7-26-16(19)22-17/h4-5,8-9H,6-7,20H2,1-3H3,(H2,19,22)(H,21,24)/b23-13-/t17-/m0/s1. The van der Waals surface area contributed by atoms with E-state index in [1.807, 2.05) is 20.8 Å². The molecule has 1 aromatic rings. The number of nitrogens with one attached hydrogen (secondary N) is 1. The number of carbonyl (C=O) groups excluding carboxylic acids is 1. The first-order valence-corrected chi connectivity index (χ1v) is 9.49. The fraction of sp³-hybridized carbons (Fsp3) is 0.412. The quantitative estimate of drug-likeness (QED) is 0.308. The van der Waals surface area contributed by atoms with Gasteiger partial charge in [-0.2, -0.15) is 5.10 Å². The summed E-state index contributed by atoms with van der Waals surface area (Å²) >= 11 is 6.60. The van der Waals surface area contributed by atoms with Crippen LogP contribution in [0.5, 0.6) is 0 Å². The number of anilines is 1. The Balaban J connectivity index is 2.29. The Morgan fingerprint density at radius 1 is 1.50 bits per heavy atom. The summed E-state index contributed by atoms with van der Waals surface area (Å²) in [7, 11) is 0. The molecule has 6 nitrogen and oxygen atoms in total.